The van der Waals surface area contributed by atoms with Crippen molar-refractivity contribution in [3.8, 4) is 5.75 Å². The molecule has 4 rings (SSSR count). The maximum atomic E-state index is 12.8. The molecule has 2 aromatic carbocycles. The van der Waals surface area contributed by atoms with Crippen molar-refractivity contribution in [2.75, 3.05) is 16.8 Å². The quantitative estimate of drug-likeness (QED) is 0.728. The monoisotopic (exact) mass is 414 g/mol. The van der Waals surface area contributed by atoms with Gasteiger partial charge in [0.25, 0.3) is 5.91 Å². The maximum absolute atomic E-state index is 12.8. The molecule has 1 saturated heterocycles. The molecule has 0 bridgehead atoms. The first kappa shape index (κ1) is 20.3. The molecule has 31 heavy (non-hydrogen) atoms. The van der Waals surface area contributed by atoms with E-state index in [1.807, 2.05) is 30.4 Å². The second-order valence-corrected chi connectivity index (χ2v) is 7.58. The second kappa shape index (κ2) is 8.83. The third-order valence-corrected chi connectivity index (χ3v) is 5.35. The first-order valence-electron chi connectivity index (χ1n) is 10.1. The van der Waals surface area contributed by atoms with Crippen molar-refractivity contribution in [3.63, 3.8) is 0 Å². The Kier molecular flexibility index (Phi) is 5.80. The molecule has 0 spiro atoms. The van der Waals surface area contributed by atoms with Crippen molar-refractivity contribution in [3.05, 3.63) is 84.0 Å². The van der Waals surface area contributed by atoms with Crippen LogP contribution in [0.15, 0.2) is 78.4 Å². The lowest BCUT2D eigenvalue weighted by Gasteiger charge is -2.17. The zero-order valence-electron chi connectivity index (χ0n) is 16.8. The van der Waals surface area contributed by atoms with E-state index in [0.29, 0.717) is 29.9 Å². The van der Waals surface area contributed by atoms with Gasteiger partial charge in [0.1, 0.15) is 12.0 Å². The Morgan fingerprint density at radius 2 is 1.94 bits per heavy atom. The summed E-state index contributed by atoms with van der Waals surface area (Å²) < 4.78 is 0. The fourth-order valence-corrected chi connectivity index (χ4v) is 3.68. The van der Waals surface area contributed by atoms with Crippen LogP contribution in [0.3, 0.4) is 0 Å². The van der Waals surface area contributed by atoms with E-state index in [-0.39, 0.29) is 29.9 Å². The first-order chi connectivity index (χ1) is 15.0. The van der Waals surface area contributed by atoms with Gasteiger partial charge >= 0.3 is 0 Å². The van der Waals surface area contributed by atoms with Crippen molar-refractivity contribution < 1.29 is 19.5 Å². The van der Waals surface area contributed by atoms with E-state index in [1.54, 1.807) is 47.4 Å². The van der Waals surface area contributed by atoms with E-state index >= 15 is 0 Å². The maximum Gasteiger partial charge on any atom is 0.251 e. The number of carbonyl (C=O) groups is 3. The number of allylic oxidation sites excluding steroid dienone is 5. The summed E-state index contributed by atoms with van der Waals surface area (Å²) in [4.78, 5) is 37.6. The number of aldehydes is 1. The van der Waals surface area contributed by atoms with Crippen LogP contribution in [0.1, 0.15) is 18.4 Å². The van der Waals surface area contributed by atoms with E-state index in [1.165, 1.54) is 0 Å². The van der Waals surface area contributed by atoms with Gasteiger partial charge in [-0.15, -0.1) is 0 Å². The highest BCUT2D eigenvalue weighted by Gasteiger charge is 2.30. The number of phenols is 1. The molecule has 2 aliphatic rings. The number of hydrogen-bond acceptors (Lipinski definition) is 4. The average molecular weight is 414 g/mol. The van der Waals surface area contributed by atoms with Gasteiger partial charge in [-0.2, -0.15) is 0 Å². The number of phenolic OH excluding ortho intramolecular Hbond substituents is 1. The molecule has 1 heterocycles. The van der Waals surface area contributed by atoms with Crippen molar-refractivity contribution in [1.82, 2.24) is 0 Å². The lowest BCUT2D eigenvalue weighted by atomic mass is 10.1. The van der Waals surface area contributed by atoms with Crippen LogP contribution in [0, 0.1) is 5.92 Å². The van der Waals surface area contributed by atoms with E-state index in [4.69, 9.17) is 0 Å². The number of benzene rings is 2. The van der Waals surface area contributed by atoms with Gasteiger partial charge in [-0.25, -0.2) is 0 Å². The summed E-state index contributed by atoms with van der Waals surface area (Å²) >= 11 is 0. The Bertz CT molecular complexity index is 1110. The number of nitrogens with zero attached hydrogens (tertiary/aromatic N) is 1. The molecule has 1 fully saturated rings. The predicted octanol–water partition coefficient (Wildman–Crippen LogP) is 3.85. The Balaban J connectivity index is 1.48. The SMILES string of the molecule is O=CC1CC(=O)N(c2cccc(NC(=O)C3=CC=C(c4ccc(O)cc4)C=CC3)c2)C1. The molecule has 6 nitrogen and oxygen atoms in total. The molecule has 156 valence electrons. The Labute approximate surface area is 180 Å². The molecule has 6 heteroatoms. The average Bonchev–Trinajstić information content (AvgIpc) is 2.99. The van der Waals surface area contributed by atoms with Crippen molar-refractivity contribution in [2.24, 2.45) is 5.92 Å². The number of aromatic hydroxyl groups is 1. The number of amides is 2. The summed E-state index contributed by atoms with van der Waals surface area (Å²) in [5.41, 5.74) is 3.75. The largest absolute Gasteiger partial charge is 0.508 e. The van der Waals surface area contributed by atoms with Crippen molar-refractivity contribution in [1.29, 1.82) is 0 Å². The standard InChI is InChI=1S/C25H22N2O4/c28-16-17-13-24(30)27(15-17)22-6-2-5-21(14-22)26-25(31)20-4-1-3-18(7-8-20)19-9-11-23(29)12-10-19/h1-3,5-12,14,16-17,29H,4,13,15H2,(H,26,31). The molecule has 1 atom stereocenters. The number of carbonyl (C=O) groups excluding carboxylic acids is 3. The normalized spacial score (nSPS) is 18.3. The summed E-state index contributed by atoms with van der Waals surface area (Å²) in [6, 6.07) is 14.0. The van der Waals surface area contributed by atoms with Gasteiger partial charge in [0.2, 0.25) is 5.91 Å². The highest BCUT2D eigenvalue weighted by molar-refractivity contribution is 6.05. The van der Waals surface area contributed by atoms with E-state index in [9.17, 15) is 19.5 Å². The van der Waals surface area contributed by atoms with Crippen LogP contribution in [-0.4, -0.2) is 29.8 Å². The topological polar surface area (TPSA) is 86.7 Å². The van der Waals surface area contributed by atoms with Crippen molar-refractivity contribution in [2.45, 2.75) is 12.8 Å². The van der Waals surface area contributed by atoms with E-state index < -0.39 is 0 Å². The molecule has 1 unspecified atom stereocenters. The number of rotatable bonds is 5. The third kappa shape index (κ3) is 4.64. The fourth-order valence-electron chi connectivity index (χ4n) is 3.68. The zero-order chi connectivity index (χ0) is 21.8. The lowest BCUT2D eigenvalue weighted by molar-refractivity contribution is -0.119. The minimum absolute atomic E-state index is 0.0934. The second-order valence-electron chi connectivity index (χ2n) is 7.58. The molecule has 0 radical (unpaired) electrons. The van der Waals surface area contributed by atoms with Gasteiger partial charge in [-0.1, -0.05) is 42.5 Å². The van der Waals surface area contributed by atoms with Crippen LogP contribution in [0.5, 0.6) is 5.75 Å². The summed E-state index contributed by atoms with van der Waals surface area (Å²) in [6.45, 7) is 0.362. The van der Waals surface area contributed by atoms with Gasteiger partial charge in [0, 0.05) is 35.8 Å². The van der Waals surface area contributed by atoms with Crippen LogP contribution in [0.25, 0.3) is 5.57 Å². The molecule has 1 aliphatic carbocycles. The molecule has 0 aromatic heterocycles. The number of anilines is 2. The smallest absolute Gasteiger partial charge is 0.251 e. The Morgan fingerprint density at radius 3 is 2.68 bits per heavy atom. The van der Waals surface area contributed by atoms with Gasteiger partial charge in [0.15, 0.2) is 0 Å². The summed E-state index contributed by atoms with van der Waals surface area (Å²) in [5, 5.41) is 12.3. The van der Waals surface area contributed by atoms with Crippen molar-refractivity contribution >= 4 is 35.0 Å². The van der Waals surface area contributed by atoms with Gasteiger partial charge < -0.3 is 20.1 Å². The minimum Gasteiger partial charge on any atom is -0.508 e. The molecular weight excluding hydrogens is 392 g/mol. The number of nitrogens with one attached hydrogen (secondary N) is 1. The van der Waals surface area contributed by atoms with Crippen LogP contribution < -0.4 is 10.2 Å². The van der Waals surface area contributed by atoms with Crippen LogP contribution in [-0.2, 0) is 14.4 Å². The van der Waals surface area contributed by atoms with Crippen LogP contribution in [0.4, 0.5) is 11.4 Å². The minimum atomic E-state index is -0.289. The van der Waals surface area contributed by atoms with Gasteiger partial charge in [-0.05, 0) is 47.9 Å². The van der Waals surface area contributed by atoms with Crippen LogP contribution >= 0.6 is 0 Å². The van der Waals surface area contributed by atoms with Gasteiger partial charge in [-0.3, -0.25) is 9.59 Å². The third-order valence-electron chi connectivity index (χ3n) is 5.35. The Hall–Kier alpha value is -3.93. The molecule has 2 N–H and O–H groups in total. The highest BCUT2D eigenvalue weighted by Crippen LogP contribution is 2.27. The highest BCUT2D eigenvalue weighted by atomic mass is 16.3. The molecular formula is C25H22N2O4. The van der Waals surface area contributed by atoms with E-state index in [2.05, 4.69) is 5.32 Å². The summed E-state index contributed by atoms with van der Waals surface area (Å²) in [6.07, 6.45) is 9.06. The number of hydrogen-bond donors (Lipinski definition) is 2. The molecule has 2 aromatic rings. The lowest BCUT2D eigenvalue weighted by Crippen LogP contribution is -2.24. The fraction of sp³-hybridized carbons (Fsp3) is 0.160. The zero-order valence-corrected chi connectivity index (χ0v) is 16.8. The Morgan fingerprint density at radius 1 is 1.13 bits per heavy atom. The molecule has 1 aliphatic heterocycles. The first-order valence-corrected chi connectivity index (χ1v) is 10.1. The van der Waals surface area contributed by atoms with Crippen LogP contribution in [0.2, 0.25) is 0 Å². The van der Waals surface area contributed by atoms with E-state index in [0.717, 1.165) is 17.4 Å². The van der Waals surface area contributed by atoms with Gasteiger partial charge in [0.05, 0.1) is 0 Å². The molecule has 0 saturated carbocycles. The summed E-state index contributed by atoms with van der Waals surface area (Å²) in [7, 11) is 0. The predicted molar refractivity (Wildman–Crippen MR) is 120 cm³/mol. The summed E-state index contributed by atoms with van der Waals surface area (Å²) in [5.74, 6) is -0.395. The molecule has 2 amide bonds.